The van der Waals surface area contributed by atoms with Crippen LogP contribution in [0.4, 0.5) is 35.1 Å². The molecule has 2 aromatic rings. The van der Waals surface area contributed by atoms with Crippen LogP contribution in [-0.2, 0) is 6.11 Å². The van der Waals surface area contributed by atoms with Crippen molar-refractivity contribution in [2.75, 3.05) is 0 Å². The molecule has 0 bridgehead atoms. The summed E-state index contributed by atoms with van der Waals surface area (Å²) in [6, 6.07) is 1.84. The lowest BCUT2D eigenvalue weighted by molar-refractivity contribution is -0.276. The molecule has 0 radical (unpaired) electrons. The van der Waals surface area contributed by atoms with Crippen LogP contribution in [0.15, 0.2) is 30.3 Å². The first-order valence-corrected chi connectivity index (χ1v) is 6.50. The smallest absolute Gasteiger partial charge is 0.429 e. The van der Waals surface area contributed by atoms with Gasteiger partial charge in [-0.2, -0.15) is 8.78 Å². The molecule has 0 aliphatic heterocycles. The van der Waals surface area contributed by atoms with Gasteiger partial charge in [0.2, 0.25) is 5.75 Å². The highest BCUT2D eigenvalue weighted by molar-refractivity contribution is 5.74. The van der Waals surface area contributed by atoms with E-state index in [1.807, 2.05) is 0 Å². The Bertz CT molecular complexity index is 809. The Morgan fingerprint density at radius 3 is 1.85 bits per heavy atom. The Morgan fingerprint density at radius 1 is 0.808 bits per heavy atom. The molecule has 0 aliphatic rings. The lowest BCUT2D eigenvalue weighted by Gasteiger charge is -2.19. The second-order valence-corrected chi connectivity index (χ2v) is 4.74. The van der Waals surface area contributed by atoms with Crippen LogP contribution in [0.2, 0.25) is 0 Å². The van der Waals surface area contributed by atoms with E-state index in [0.717, 1.165) is 6.07 Å². The minimum absolute atomic E-state index is 0.00968. The Balaban J connectivity index is 2.34. The van der Waals surface area contributed by atoms with Crippen molar-refractivity contribution in [3.05, 3.63) is 58.9 Å². The second-order valence-electron chi connectivity index (χ2n) is 4.74. The number of alkyl halides is 5. The van der Waals surface area contributed by atoms with Crippen LogP contribution in [0.3, 0.4) is 0 Å². The zero-order valence-electron chi connectivity index (χ0n) is 12.2. The van der Waals surface area contributed by atoms with E-state index in [-0.39, 0.29) is 24.0 Å². The van der Waals surface area contributed by atoms with Crippen LogP contribution in [0.5, 0.6) is 11.5 Å². The van der Waals surface area contributed by atoms with Gasteiger partial charge >= 0.3 is 12.5 Å². The van der Waals surface area contributed by atoms with Gasteiger partial charge in [0, 0.05) is 17.7 Å². The molecule has 0 saturated heterocycles. The molecule has 0 saturated carbocycles. The molecule has 3 nitrogen and oxygen atoms in total. The van der Waals surface area contributed by atoms with Gasteiger partial charge in [-0.25, -0.2) is 13.2 Å². The van der Waals surface area contributed by atoms with Crippen molar-refractivity contribution in [2.45, 2.75) is 12.5 Å². The summed E-state index contributed by atoms with van der Waals surface area (Å²) in [5.41, 5.74) is -1.62. The summed E-state index contributed by atoms with van der Waals surface area (Å²) in [6.07, 6.45) is -9.68. The number of carbonyl (C=O) groups excluding carboxylic acids is 1. The Labute approximate surface area is 139 Å². The molecule has 0 amide bonds. The third-order valence-corrected chi connectivity index (χ3v) is 2.88. The van der Waals surface area contributed by atoms with E-state index in [2.05, 4.69) is 9.47 Å². The fraction of sp³-hybridized carbons (Fsp3) is 0.133. The van der Waals surface area contributed by atoms with Gasteiger partial charge < -0.3 is 9.47 Å². The minimum Gasteiger partial charge on any atom is -0.429 e. The normalized spacial score (nSPS) is 12.0. The first kappa shape index (κ1) is 19.5. The molecule has 26 heavy (non-hydrogen) atoms. The highest BCUT2D eigenvalue weighted by atomic mass is 19.4. The summed E-state index contributed by atoms with van der Waals surface area (Å²) in [7, 11) is 0. The maximum Gasteiger partial charge on any atom is 0.573 e. The van der Waals surface area contributed by atoms with Gasteiger partial charge in [0.15, 0.2) is 11.6 Å². The molecule has 0 aliphatic carbocycles. The molecule has 0 N–H and O–H groups in total. The van der Waals surface area contributed by atoms with Crippen molar-refractivity contribution in [3.63, 3.8) is 0 Å². The summed E-state index contributed by atoms with van der Waals surface area (Å²) in [5, 5.41) is 0. The highest BCUT2D eigenvalue weighted by Crippen LogP contribution is 2.37. The molecule has 0 unspecified atom stereocenters. The van der Waals surface area contributed by atoms with Crippen molar-refractivity contribution < 1.29 is 49.4 Å². The van der Waals surface area contributed by atoms with Crippen molar-refractivity contribution in [3.8, 4) is 11.5 Å². The van der Waals surface area contributed by atoms with Gasteiger partial charge in [0.1, 0.15) is 17.9 Å². The monoisotopic (exact) mass is 386 g/mol. The predicted molar refractivity (Wildman–Crippen MR) is 69.4 cm³/mol. The molecule has 2 aromatic carbocycles. The van der Waals surface area contributed by atoms with Gasteiger partial charge in [0.25, 0.3) is 0 Å². The van der Waals surface area contributed by atoms with Crippen molar-refractivity contribution in [2.24, 2.45) is 0 Å². The minimum atomic E-state index is -5.42. The van der Waals surface area contributed by atoms with Crippen LogP contribution in [-0.4, -0.2) is 12.6 Å². The molecule has 0 fully saturated rings. The zero-order chi connectivity index (χ0) is 19.7. The van der Waals surface area contributed by atoms with Crippen LogP contribution < -0.4 is 9.47 Å². The summed E-state index contributed by atoms with van der Waals surface area (Å²) < 4.78 is 112. The van der Waals surface area contributed by atoms with Crippen LogP contribution >= 0.6 is 0 Å². The van der Waals surface area contributed by atoms with Gasteiger partial charge in [-0.3, -0.25) is 4.79 Å². The van der Waals surface area contributed by atoms with Crippen LogP contribution in [0, 0.1) is 17.5 Å². The van der Waals surface area contributed by atoms with E-state index in [1.165, 1.54) is 0 Å². The number of aldehydes is 1. The lowest BCUT2D eigenvalue weighted by atomic mass is 10.1. The van der Waals surface area contributed by atoms with E-state index in [1.54, 1.807) is 0 Å². The topological polar surface area (TPSA) is 35.5 Å². The summed E-state index contributed by atoms with van der Waals surface area (Å²) in [4.78, 5) is 10.5. The van der Waals surface area contributed by atoms with Crippen molar-refractivity contribution in [1.29, 1.82) is 0 Å². The Morgan fingerprint density at radius 2 is 1.38 bits per heavy atom. The number of hydrogen-bond acceptors (Lipinski definition) is 3. The largest absolute Gasteiger partial charge is 0.573 e. The Hall–Kier alpha value is -2.85. The number of carbonyl (C=O) groups is 1. The summed E-state index contributed by atoms with van der Waals surface area (Å²) in [5.74, 6) is -8.57. The number of rotatable bonds is 5. The molecule has 0 aromatic heterocycles. The van der Waals surface area contributed by atoms with E-state index >= 15 is 0 Å². The lowest BCUT2D eigenvalue weighted by Crippen LogP contribution is -2.24. The molecule has 0 spiro atoms. The fourth-order valence-electron chi connectivity index (χ4n) is 1.85. The molecule has 11 heteroatoms. The molecule has 0 heterocycles. The van der Waals surface area contributed by atoms with Gasteiger partial charge in [-0.15, -0.1) is 13.2 Å². The van der Waals surface area contributed by atoms with Crippen molar-refractivity contribution in [1.82, 2.24) is 0 Å². The molecule has 2 rings (SSSR count). The zero-order valence-corrected chi connectivity index (χ0v) is 12.2. The van der Waals surface area contributed by atoms with Gasteiger partial charge in [-0.05, 0) is 12.1 Å². The van der Waals surface area contributed by atoms with Crippen LogP contribution in [0.1, 0.15) is 15.9 Å². The maximum atomic E-state index is 14.0. The maximum absolute atomic E-state index is 14.0. The summed E-state index contributed by atoms with van der Waals surface area (Å²) >= 11 is 0. The highest BCUT2D eigenvalue weighted by Gasteiger charge is 2.39. The quantitative estimate of drug-likeness (QED) is 0.539. The first-order valence-electron chi connectivity index (χ1n) is 6.50. The number of benzene rings is 2. The average molecular weight is 386 g/mol. The fourth-order valence-corrected chi connectivity index (χ4v) is 1.85. The van der Waals surface area contributed by atoms with Crippen LogP contribution in [0.25, 0.3) is 0 Å². The summed E-state index contributed by atoms with van der Waals surface area (Å²) in [6.45, 7) is 0. The van der Waals surface area contributed by atoms with E-state index in [0.29, 0.717) is 12.1 Å². The molecular weight excluding hydrogens is 380 g/mol. The third-order valence-electron chi connectivity index (χ3n) is 2.88. The number of halogens is 8. The van der Waals surface area contributed by atoms with Crippen molar-refractivity contribution >= 4 is 6.29 Å². The number of hydrogen-bond donors (Lipinski definition) is 0. The molecule has 140 valence electrons. The van der Waals surface area contributed by atoms with Gasteiger partial charge in [-0.1, -0.05) is 6.07 Å². The Kier molecular flexibility index (Phi) is 5.10. The van der Waals surface area contributed by atoms with E-state index in [4.69, 9.17) is 0 Å². The predicted octanol–water partition coefficient (Wildman–Crippen LogP) is 4.94. The van der Waals surface area contributed by atoms with Gasteiger partial charge in [0.05, 0.1) is 5.56 Å². The molecular formula is C15H6F8O3. The standard InChI is InChI=1S/C15H6F8O3/c16-10-3-7(6-24)1-2-9(10)14(19,20)25-8-4-11(17)13(12(18)5-8)26-15(21,22)23/h1-6H. The second kappa shape index (κ2) is 6.81. The molecule has 0 atom stereocenters. The number of ether oxygens (including phenoxy) is 2. The van der Waals surface area contributed by atoms with E-state index in [9.17, 15) is 39.9 Å². The SMILES string of the molecule is O=Cc1ccc(C(F)(F)Oc2cc(F)c(OC(F)(F)F)c(F)c2)c(F)c1. The van der Waals surface area contributed by atoms with E-state index < -0.39 is 47.0 Å². The third kappa shape index (κ3) is 4.41. The first-order chi connectivity index (χ1) is 11.9. The average Bonchev–Trinajstić information content (AvgIpc) is 2.49.